The molecule has 1 fully saturated rings. The second-order valence-corrected chi connectivity index (χ2v) is 7.64. The van der Waals surface area contributed by atoms with Crippen molar-refractivity contribution in [2.75, 3.05) is 31.9 Å². The van der Waals surface area contributed by atoms with Crippen LogP contribution in [0.1, 0.15) is 31.4 Å². The lowest BCUT2D eigenvalue weighted by molar-refractivity contribution is 0.162. The number of rotatable bonds is 6. The fourth-order valence-corrected chi connectivity index (χ4v) is 4.33. The fraction of sp³-hybridized carbons (Fsp3) is 0.562. The number of hydrogen-bond acceptors (Lipinski definition) is 4. The molecule has 22 heavy (non-hydrogen) atoms. The second kappa shape index (κ2) is 7.73. The van der Waals surface area contributed by atoms with Crippen LogP contribution in [-0.4, -0.2) is 49.6 Å². The molecule has 1 aliphatic rings. The summed E-state index contributed by atoms with van der Waals surface area (Å²) < 4.78 is 26.0. The third kappa shape index (κ3) is 4.07. The molecule has 6 heteroatoms. The van der Waals surface area contributed by atoms with E-state index in [0.29, 0.717) is 32.6 Å². The Hall–Kier alpha value is -1.42. The van der Waals surface area contributed by atoms with Crippen molar-refractivity contribution in [2.24, 2.45) is 0 Å². The van der Waals surface area contributed by atoms with Crippen molar-refractivity contribution in [3.05, 3.63) is 35.9 Å². The predicted octanol–water partition coefficient (Wildman–Crippen LogP) is 2.00. The molecule has 120 valence electrons. The summed E-state index contributed by atoms with van der Waals surface area (Å²) in [5.41, 5.74) is 0.965. The van der Waals surface area contributed by atoms with E-state index < -0.39 is 10.0 Å². The van der Waals surface area contributed by atoms with Gasteiger partial charge in [0.25, 0.3) is 0 Å². The van der Waals surface area contributed by atoms with Crippen LogP contribution in [0.25, 0.3) is 0 Å². The zero-order valence-corrected chi connectivity index (χ0v) is 13.8. The van der Waals surface area contributed by atoms with Gasteiger partial charge in [-0.15, -0.1) is 0 Å². The summed E-state index contributed by atoms with van der Waals surface area (Å²) in [6.45, 7) is 4.12. The van der Waals surface area contributed by atoms with Crippen LogP contribution in [0.2, 0.25) is 0 Å². The van der Waals surface area contributed by atoms with Gasteiger partial charge >= 0.3 is 0 Å². The minimum absolute atomic E-state index is 0.226. The lowest BCUT2D eigenvalue weighted by Crippen LogP contribution is -2.50. The van der Waals surface area contributed by atoms with E-state index in [2.05, 4.69) is 11.0 Å². The SMILES string of the molecule is CCCCS(=O)(=O)N1CCN([C@H](C#N)c2ccccc2)CC1. The summed E-state index contributed by atoms with van der Waals surface area (Å²) >= 11 is 0. The summed E-state index contributed by atoms with van der Waals surface area (Å²) in [7, 11) is -3.14. The van der Waals surface area contributed by atoms with Crippen LogP contribution in [0.5, 0.6) is 0 Å². The molecular weight excluding hydrogens is 298 g/mol. The highest BCUT2D eigenvalue weighted by atomic mass is 32.2. The van der Waals surface area contributed by atoms with Gasteiger partial charge in [-0.05, 0) is 12.0 Å². The second-order valence-electron chi connectivity index (χ2n) is 5.55. The van der Waals surface area contributed by atoms with E-state index >= 15 is 0 Å². The number of nitriles is 1. The minimum Gasteiger partial charge on any atom is -0.282 e. The molecule has 0 N–H and O–H groups in total. The van der Waals surface area contributed by atoms with Crippen LogP contribution in [0.3, 0.4) is 0 Å². The lowest BCUT2D eigenvalue weighted by atomic mass is 10.1. The minimum atomic E-state index is -3.14. The topological polar surface area (TPSA) is 64.4 Å². The number of nitrogens with zero attached hydrogens (tertiary/aromatic N) is 3. The third-order valence-corrected chi connectivity index (χ3v) is 5.98. The first kappa shape index (κ1) is 16.9. The maximum atomic E-state index is 12.2. The van der Waals surface area contributed by atoms with Gasteiger partial charge < -0.3 is 0 Å². The summed E-state index contributed by atoms with van der Waals surface area (Å²) in [6.07, 6.45) is 1.58. The van der Waals surface area contributed by atoms with E-state index in [0.717, 1.165) is 12.0 Å². The predicted molar refractivity (Wildman–Crippen MR) is 86.6 cm³/mol. The van der Waals surface area contributed by atoms with Gasteiger partial charge in [0.05, 0.1) is 11.8 Å². The first-order valence-corrected chi connectivity index (χ1v) is 9.36. The molecule has 0 saturated carbocycles. The molecule has 1 heterocycles. The number of sulfonamides is 1. The average Bonchev–Trinajstić information content (AvgIpc) is 2.55. The Morgan fingerprint density at radius 1 is 1.18 bits per heavy atom. The maximum absolute atomic E-state index is 12.2. The summed E-state index contributed by atoms with van der Waals surface area (Å²) in [6, 6.07) is 11.7. The molecule has 1 aliphatic heterocycles. The van der Waals surface area contributed by atoms with Gasteiger partial charge in [0.15, 0.2) is 0 Å². The molecule has 0 unspecified atom stereocenters. The summed E-state index contributed by atoms with van der Waals surface area (Å²) in [4.78, 5) is 2.06. The van der Waals surface area contributed by atoms with Crippen molar-refractivity contribution in [3.8, 4) is 6.07 Å². The first-order valence-electron chi connectivity index (χ1n) is 7.75. The molecule has 0 radical (unpaired) electrons. The van der Waals surface area contributed by atoms with Gasteiger partial charge in [0, 0.05) is 26.2 Å². The Morgan fingerprint density at radius 3 is 2.36 bits per heavy atom. The van der Waals surface area contributed by atoms with Crippen molar-refractivity contribution >= 4 is 10.0 Å². The van der Waals surface area contributed by atoms with Crippen molar-refractivity contribution in [1.82, 2.24) is 9.21 Å². The molecular formula is C16H23N3O2S. The first-order chi connectivity index (χ1) is 10.6. The molecule has 5 nitrogen and oxygen atoms in total. The Labute approximate surface area is 133 Å². The van der Waals surface area contributed by atoms with Gasteiger partial charge in [0.1, 0.15) is 6.04 Å². The van der Waals surface area contributed by atoms with Gasteiger partial charge in [0.2, 0.25) is 10.0 Å². The van der Waals surface area contributed by atoms with E-state index in [9.17, 15) is 13.7 Å². The molecule has 0 bridgehead atoms. The van der Waals surface area contributed by atoms with E-state index in [4.69, 9.17) is 0 Å². The summed E-state index contributed by atoms with van der Waals surface area (Å²) in [5.74, 6) is 0.226. The number of piperazine rings is 1. The van der Waals surface area contributed by atoms with Crippen molar-refractivity contribution in [3.63, 3.8) is 0 Å². The standard InChI is InChI=1S/C16H23N3O2S/c1-2-3-13-22(20,21)19-11-9-18(10-12-19)16(14-17)15-7-5-4-6-8-15/h4-8,16H,2-3,9-13H2,1H3/t16-/m1/s1. The van der Waals surface area contributed by atoms with Crippen LogP contribution >= 0.6 is 0 Å². The Kier molecular flexibility index (Phi) is 5.95. The summed E-state index contributed by atoms with van der Waals surface area (Å²) in [5, 5.41) is 9.45. The number of unbranched alkanes of at least 4 members (excludes halogenated alkanes) is 1. The average molecular weight is 321 g/mol. The maximum Gasteiger partial charge on any atom is 0.214 e. The molecule has 2 rings (SSSR count). The Morgan fingerprint density at radius 2 is 1.82 bits per heavy atom. The monoisotopic (exact) mass is 321 g/mol. The normalized spacial score (nSPS) is 18.7. The molecule has 0 amide bonds. The molecule has 1 saturated heterocycles. The lowest BCUT2D eigenvalue weighted by Gasteiger charge is -2.36. The van der Waals surface area contributed by atoms with E-state index in [1.807, 2.05) is 37.3 Å². The third-order valence-electron chi connectivity index (χ3n) is 4.03. The Balaban J connectivity index is 1.98. The highest BCUT2D eigenvalue weighted by Crippen LogP contribution is 2.22. The number of benzene rings is 1. The molecule has 1 aromatic carbocycles. The van der Waals surface area contributed by atoms with Gasteiger partial charge in [-0.25, -0.2) is 8.42 Å². The van der Waals surface area contributed by atoms with Gasteiger partial charge in [-0.3, -0.25) is 4.90 Å². The highest BCUT2D eigenvalue weighted by molar-refractivity contribution is 7.89. The van der Waals surface area contributed by atoms with Gasteiger partial charge in [-0.2, -0.15) is 9.57 Å². The van der Waals surface area contributed by atoms with Crippen molar-refractivity contribution in [2.45, 2.75) is 25.8 Å². The molecule has 0 aliphatic carbocycles. The Bertz CT molecular complexity index is 602. The zero-order chi connectivity index (χ0) is 16.0. The largest absolute Gasteiger partial charge is 0.282 e. The molecule has 1 aromatic rings. The van der Waals surface area contributed by atoms with Crippen molar-refractivity contribution in [1.29, 1.82) is 5.26 Å². The van der Waals surface area contributed by atoms with E-state index in [1.165, 1.54) is 0 Å². The van der Waals surface area contributed by atoms with Crippen LogP contribution in [0.4, 0.5) is 0 Å². The van der Waals surface area contributed by atoms with Crippen LogP contribution in [-0.2, 0) is 10.0 Å². The van der Waals surface area contributed by atoms with E-state index in [-0.39, 0.29) is 11.8 Å². The van der Waals surface area contributed by atoms with Gasteiger partial charge in [-0.1, -0.05) is 43.7 Å². The molecule has 1 atom stereocenters. The van der Waals surface area contributed by atoms with Crippen molar-refractivity contribution < 1.29 is 8.42 Å². The highest BCUT2D eigenvalue weighted by Gasteiger charge is 2.30. The smallest absolute Gasteiger partial charge is 0.214 e. The zero-order valence-electron chi connectivity index (χ0n) is 13.0. The van der Waals surface area contributed by atoms with Crippen LogP contribution in [0, 0.1) is 11.3 Å². The quantitative estimate of drug-likeness (QED) is 0.804. The van der Waals surface area contributed by atoms with Crippen LogP contribution < -0.4 is 0 Å². The fourth-order valence-electron chi connectivity index (χ4n) is 2.70. The molecule has 0 spiro atoms. The number of hydrogen-bond donors (Lipinski definition) is 0. The van der Waals surface area contributed by atoms with Crippen LogP contribution in [0.15, 0.2) is 30.3 Å². The van der Waals surface area contributed by atoms with E-state index in [1.54, 1.807) is 4.31 Å². The molecule has 0 aromatic heterocycles.